The summed E-state index contributed by atoms with van der Waals surface area (Å²) in [6, 6.07) is 6.01. The minimum atomic E-state index is -1.05. The van der Waals surface area contributed by atoms with Crippen LogP contribution in [0.3, 0.4) is 0 Å². The molecule has 6 nitrogen and oxygen atoms in total. The van der Waals surface area contributed by atoms with Crippen LogP contribution in [0.4, 0.5) is 4.79 Å². The van der Waals surface area contributed by atoms with Crippen LogP contribution in [-0.2, 0) is 14.9 Å². The molecule has 0 radical (unpaired) electrons. The Labute approximate surface area is 133 Å². The number of amides is 1. The van der Waals surface area contributed by atoms with Crippen molar-refractivity contribution in [3.63, 3.8) is 0 Å². The van der Waals surface area contributed by atoms with Gasteiger partial charge in [-0.15, -0.1) is 0 Å². The van der Waals surface area contributed by atoms with Crippen molar-refractivity contribution in [2.24, 2.45) is 5.73 Å². The third-order valence-corrected chi connectivity index (χ3v) is 4.62. The zero-order chi connectivity index (χ0) is 16.3. The molecule has 0 saturated carbocycles. The number of nitrogens with zero attached hydrogens (tertiary/aromatic N) is 1. The fourth-order valence-electron chi connectivity index (χ4n) is 3.01. The van der Waals surface area contributed by atoms with E-state index in [1.165, 1.54) is 7.11 Å². The van der Waals surface area contributed by atoms with E-state index in [0.717, 1.165) is 5.56 Å². The SMILES string of the molecule is COC(=O)N1CCC(c2ccc(Cl)cc2)([C@H](N)C(=O)O)CC1. The van der Waals surface area contributed by atoms with E-state index in [1.807, 2.05) is 0 Å². The van der Waals surface area contributed by atoms with Gasteiger partial charge in [0.1, 0.15) is 6.04 Å². The Balaban J connectivity index is 2.31. The molecular formula is C15H19ClN2O4. The average Bonchev–Trinajstić information content (AvgIpc) is 2.54. The molecular weight excluding hydrogens is 308 g/mol. The molecule has 2 rings (SSSR count). The molecule has 0 aromatic heterocycles. The van der Waals surface area contributed by atoms with Crippen molar-refractivity contribution in [3.8, 4) is 0 Å². The van der Waals surface area contributed by atoms with E-state index in [0.29, 0.717) is 31.0 Å². The molecule has 1 saturated heterocycles. The summed E-state index contributed by atoms with van der Waals surface area (Å²) in [5, 5.41) is 9.96. The number of benzene rings is 1. The quantitative estimate of drug-likeness (QED) is 0.884. The highest BCUT2D eigenvalue weighted by molar-refractivity contribution is 6.30. The minimum Gasteiger partial charge on any atom is -0.480 e. The highest BCUT2D eigenvalue weighted by Crippen LogP contribution is 2.38. The largest absolute Gasteiger partial charge is 0.480 e. The Morgan fingerprint density at radius 2 is 1.86 bits per heavy atom. The predicted molar refractivity (Wildman–Crippen MR) is 82.0 cm³/mol. The maximum absolute atomic E-state index is 11.6. The van der Waals surface area contributed by atoms with Crippen LogP contribution in [0.25, 0.3) is 0 Å². The summed E-state index contributed by atoms with van der Waals surface area (Å²) in [5.74, 6) is -1.05. The highest BCUT2D eigenvalue weighted by Gasteiger charge is 2.45. The number of halogens is 1. The second-order valence-electron chi connectivity index (χ2n) is 5.44. The van der Waals surface area contributed by atoms with E-state index in [2.05, 4.69) is 0 Å². The van der Waals surface area contributed by atoms with Gasteiger partial charge < -0.3 is 20.5 Å². The maximum Gasteiger partial charge on any atom is 0.409 e. The van der Waals surface area contributed by atoms with E-state index in [4.69, 9.17) is 22.1 Å². The Kier molecular flexibility index (Phi) is 4.93. The van der Waals surface area contributed by atoms with Crippen molar-refractivity contribution in [1.29, 1.82) is 0 Å². The zero-order valence-corrected chi connectivity index (χ0v) is 13.0. The third kappa shape index (κ3) is 3.03. The second-order valence-corrected chi connectivity index (χ2v) is 5.87. The van der Waals surface area contributed by atoms with E-state index in [9.17, 15) is 14.7 Å². The fourth-order valence-corrected chi connectivity index (χ4v) is 3.14. The number of carbonyl (C=O) groups excluding carboxylic acids is 1. The summed E-state index contributed by atoms with van der Waals surface area (Å²) in [6.07, 6.45) is 0.502. The van der Waals surface area contributed by atoms with Crippen LogP contribution in [0.15, 0.2) is 24.3 Å². The van der Waals surface area contributed by atoms with Crippen molar-refractivity contribution >= 4 is 23.7 Å². The molecule has 0 spiro atoms. The van der Waals surface area contributed by atoms with Crippen LogP contribution in [0.1, 0.15) is 18.4 Å². The Bertz CT molecular complexity index is 553. The molecule has 0 bridgehead atoms. The summed E-state index contributed by atoms with van der Waals surface area (Å²) in [4.78, 5) is 24.6. The molecule has 1 aromatic rings. The van der Waals surface area contributed by atoms with Crippen LogP contribution in [0, 0.1) is 0 Å². The van der Waals surface area contributed by atoms with Crippen LogP contribution < -0.4 is 5.73 Å². The van der Waals surface area contributed by atoms with E-state index < -0.39 is 23.5 Å². The van der Waals surface area contributed by atoms with Gasteiger partial charge in [0.2, 0.25) is 0 Å². The van der Waals surface area contributed by atoms with Gasteiger partial charge in [0.05, 0.1) is 7.11 Å². The molecule has 1 fully saturated rings. The van der Waals surface area contributed by atoms with Gasteiger partial charge in [0.25, 0.3) is 0 Å². The van der Waals surface area contributed by atoms with Gasteiger partial charge in [-0.25, -0.2) is 4.79 Å². The van der Waals surface area contributed by atoms with Gasteiger partial charge in [-0.2, -0.15) is 0 Å². The number of aliphatic carboxylic acids is 1. The van der Waals surface area contributed by atoms with Gasteiger partial charge >= 0.3 is 12.1 Å². The van der Waals surface area contributed by atoms with Crippen molar-refractivity contribution in [2.75, 3.05) is 20.2 Å². The summed E-state index contributed by atoms with van der Waals surface area (Å²) in [5.41, 5.74) is 6.09. The maximum atomic E-state index is 11.6. The molecule has 1 amide bonds. The van der Waals surface area contributed by atoms with Crippen molar-refractivity contribution in [3.05, 3.63) is 34.9 Å². The molecule has 1 atom stereocenters. The first-order chi connectivity index (χ1) is 10.4. The van der Waals surface area contributed by atoms with Crippen LogP contribution in [0.2, 0.25) is 5.02 Å². The lowest BCUT2D eigenvalue weighted by atomic mass is 9.68. The molecule has 0 unspecified atom stereocenters. The van der Waals surface area contributed by atoms with E-state index in [1.54, 1.807) is 29.2 Å². The molecule has 3 N–H and O–H groups in total. The number of carboxylic acids is 1. The molecule has 0 aliphatic carbocycles. The minimum absolute atomic E-state index is 0.399. The average molecular weight is 327 g/mol. The van der Waals surface area contributed by atoms with Crippen molar-refractivity contribution in [1.82, 2.24) is 4.90 Å². The number of piperidine rings is 1. The Morgan fingerprint density at radius 3 is 2.32 bits per heavy atom. The fraction of sp³-hybridized carbons (Fsp3) is 0.467. The van der Waals surface area contributed by atoms with Crippen LogP contribution in [-0.4, -0.2) is 48.3 Å². The number of hydrogen-bond donors (Lipinski definition) is 2. The number of ether oxygens (including phenoxy) is 1. The van der Waals surface area contributed by atoms with Crippen LogP contribution in [0.5, 0.6) is 0 Å². The zero-order valence-electron chi connectivity index (χ0n) is 12.3. The lowest BCUT2D eigenvalue weighted by Crippen LogP contribution is -2.56. The first kappa shape index (κ1) is 16.6. The molecule has 22 heavy (non-hydrogen) atoms. The summed E-state index contributed by atoms with van der Waals surface area (Å²) in [7, 11) is 1.33. The molecule has 120 valence electrons. The molecule has 1 aromatic carbocycles. The Hall–Kier alpha value is -1.79. The number of carbonyl (C=O) groups is 2. The van der Waals surface area contributed by atoms with Crippen LogP contribution >= 0.6 is 11.6 Å². The lowest BCUT2D eigenvalue weighted by molar-refractivity contribution is -0.141. The topological polar surface area (TPSA) is 92.9 Å². The number of rotatable bonds is 3. The number of methoxy groups -OCH3 is 1. The number of nitrogens with two attached hydrogens (primary N) is 1. The van der Waals surface area contributed by atoms with Gasteiger partial charge in [0.15, 0.2) is 0 Å². The first-order valence-corrected chi connectivity index (χ1v) is 7.36. The highest BCUT2D eigenvalue weighted by atomic mass is 35.5. The van der Waals surface area contributed by atoms with Gasteiger partial charge in [-0.3, -0.25) is 4.79 Å². The van der Waals surface area contributed by atoms with Gasteiger partial charge in [-0.05, 0) is 30.5 Å². The predicted octanol–water partition coefficient (Wildman–Crippen LogP) is 1.85. The van der Waals surface area contributed by atoms with E-state index >= 15 is 0 Å². The van der Waals surface area contributed by atoms with Crippen molar-refractivity contribution < 1.29 is 19.4 Å². The smallest absolute Gasteiger partial charge is 0.409 e. The monoisotopic (exact) mass is 326 g/mol. The van der Waals surface area contributed by atoms with Crippen molar-refractivity contribution in [2.45, 2.75) is 24.3 Å². The summed E-state index contributed by atoms with van der Waals surface area (Å²) >= 11 is 5.90. The van der Waals surface area contributed by atoms with E-state index in [-0.39, 0.29) is 0 Å². The second kappa shape index (κ2) is 6.54. The summed E-state index contributed by atoms with van der Waals surface area (Å²) < 4.78 is 4.71. The molecule has 1 aliphatic heterocycles. The number of hydrogen-bond acceptors (Lipinski definition) is 4. The third-order valence-electron chi connectivity index (χ3n) is 4.37. The molecule has 1 aliphatic rings. The number of carboxylic acid groups (broad SMARTS) is 1. The Morgan fingerprint density at radius 1 is 1.32 bits per heavy atom. The normalized spacial score (nSPS) is 18.6. The molecule has 7 heteroatoms. The lowest BCUT2D eigenvalue weighted by Gasteiger charge is -2.43. The first-order valence-electron chi connectivity index (χ1n) is 6.98. The molecule has 1 heterocycles. The van der Waals surface area contributed by atoms with Gasteiger partial charge in [0, 0.05) is 23.5 Å². The standard InChI is InChI=1S/C15H19ClN2O4/c1-22-14(21)18-8-6-15(7-9-18,12(17)13(19)20)10-2-4-11(16)5-3-10/h2-5,12H,6-9,17H2,1H3,(H,19,20)/t12-/m1/s1. The number of likely N-dealkylation sites (tertiary alicyclic amines) is 1. The van der Waals surface area contributed by atoms with Gasteiger partial charge in [-0.1, -0.05) is 23.7 Å². The summed E-state index contributed by atoms with van der Waals surface area (Å²) in [6.45, 7) is 0.798.